The molecule has 0 aliphatic rings. The van der Waals surface area contributed by atoms with Crippen molar-refractivity contribution in [3.05, 3.63) is 22.4 Å². The molecule has 0 spiro atoms. The molecular formula is C11H16BrFN2O. The van der Waals surface area contributed by atoms with Gasteiger partial charge in [-0.15, -0.1) is 0 Å². The van der Waals surface area contributed by atoms with Gasteiger partial charge in [-0.05, 0) is 28.4 Å². The largest absolute Gasteiger partial charge is 0.397 e. The molecule has 0 aliphatic carbocycles. The molecule has 0 atom stereocenters. The van der Waals surface area contributed by atoms with Crippen LogP contribution in [0.1, 0.15) is 6.42 Å². The van der Waals surface area contributed by atoms with Gasteiger partial charge in [-0.25, -0.2) is 4.39 Å². The molecule has 2 N–H and O–H groups in total. The number of rotatable bonds is 5. The highest BCUT2D eigenvalue weighted by Crippen LogP contribution is 2.28. The van der Waals surface area contributed by atoms with E-state index < -0.39 is 0 Å². The summed E-state index contributed by atoms with van der Waals surface area (Å²) in [6.07, 6.45) is 0.904. The first-order valence-electron chi connectivity index (χ1n) is 5.01. The van der Waals surface area contributed by atoms with Crippen LogP contribution in [-0.2, 0) is 4.74 Å². The molecule has 90 valence electrons. The molecule has 3 nitrogen and oxygen atoms in total. The molecule has 5 heteroatoms. The fraction of sp³-hybridized carbons (Fsp3) is 0.455. The Bertz CT molecular complexity index is 360. The van der Waals surface area contributed by atoms with Gasteiger partial charge in [0.05, 0.1) is 15.8 Å². The van der Waals surface area contributed by atoms with Crippen LogP contribution in [0, 0.1) is 5.82 Å². The highest BCUT2D eigenvalue weighted by atomic mass is 79.9. The molecule has 0 unspecified atom stereocenters. The Morgan fingerprint density at radius 2 is 2.19 bits per heavy atom. The maximum Gasteiger partial charge on any atom is 0.139 e. The molecule has 1 aromatic carbocycles. The lowest BCUT2D eigenvalue weighted by molar-refractivity contribution is 0.196. The van der Waals surface area contributed by atoms with Gasteiger partial charge in [0.15, 0.2) is 0 Å². The normalized spacial score (nSPS) is 10.5. The van der Waals surface area contributed by atoms with Crippen LogP contribution in [0.25, 0.3) is 0 Å². The van der Waals surface area contributed by atoms with Crippen LogP contribution in [-0.4, -0.2) is 27.3 Å². The molecule has 0 radical (unpaired) electrons. The van der Waals surface area contributed by atoms with Gasteiger partial charge in [-0.3, -0.25) is 0 Å². The maximum absolute atomic E-state index is 13.2. The molecular weight excluding hydrogens is 275 g/mol. The first-order valence-corrected chi connectivity index (χ1v) is 5.80. The second-order valence-electron chi connectivity index (χ2n) is 3.59. The van der Waals surface area contributed by atoms with E-state index in [4.69, 9.17) is 10.5 Å². The van der Waals surface area contributed by atoms with Crippen molar-refractivity contribution in [2.24, 2.45) is 0 Å². The number of anilines is 2. The summed E-state index contributed by atoms with van der Waals surface area (Å²) in [5.41, 5.74) is 7.03. The molecule has 1 aromatic rings. The molecule has 0 saturated heterocycles. The molecule has 0 saturated carbocycles. The minimum atomic E-state index is -0.341. The van der Waals surface area contributed by atoms with Crippen molar-refractivity contribution in [2.75, 3.05) is 37.9 Å². The van der Waals surface area contributed by atoms with Crippen molar-refractivity contribution in [3.63, 3.8) is 0 Å². The highest BCUT2D eigenvalue weighted by Gasteiger charge is 2.09. The molecule has 0 aliphatic heterocycles. The summed E-state index contributed by atoms with van der Waals surface area (Å²) in [6.45, 7) is 1.52. The van der Waals surface area contributed by atoms with E-state index in [0.29, 0.717) is 16.8 Å². The van der Waals surface area contributed by atoms with Crippen molar-refractivity contribution in [2.45, 2.75) is 6.42 Å². The molecule has 0 amide bonds. The maximum atomic E-state index is 13.2. The number of hydrogen-bond acceptors (Lipinski definition) is 3. The number of nitrogens with zero attached hydrogens (tertiary/aromatic N) is 1. The molecule has 0 fully saturated rings. The van der Waals surface area contributed by atoms with Crippen molar-refractivity contribution in [1.29, 1.82) is 0 Å². The number of hydrogen-bond donors (Lipinski definition) is 1. The fourth-order valence-electron chi connectivity index (χ4n) is 1.45. The van der Waals surface area contributed by atoms with Crippen LogP contribution in [0.4, 0.5) is 15.8 Å². The van der Waals surface area contributed by atoms with Gasteiger partial charge >= 0.3 is 0 Å². The third-order valence-electron chi connectivity index (χ3n) is 2.32. The first-order chi connectivity index (χ1) is 7.56. The summed E-state index contributed by atoms with van der Waals surface area (Å²) in [5.74, 6) is -0.341. The quantitative estimate of drug-likeness (QED) is 0.669. The van der Waals surface area contributed by atoms with Crippen LogP contribution in [0.5, 0.6) is 0 Å². The number of nitrogens with two attached hydrogens (primary N) is 1. The van der Waals surface area contributed by atoms with Gasteiger partial charge in [0.25, 0.3) is 0 Å². The number of benzene rings is 1. The first kappa shape index (κ1) is 13.3. The monoisotopic (exact) mass is 290 g/mol. The third kappa shape index (κ3) is 3.35. The molecule has 16 heavy (non-hydrogen) atoms. The minimum absolute atomic E-state index is 0.341. The van der Waals surface area contributed by atoms with E-state index in [2.05, 4.69) is 15.9 Å². The Morgan fingerprint density at radius 1 is 1.50 bits per heavy atom. The number of ether oxygens (including phenoxy) is 1. The predicted octanol–water partition coefficient (Wildman–Crippen LogP) is 2.64. The van der Waals surface area contributed by atoms with E-state index in [9.17, 15) is 4.39 Å². The van der Waals surface area contributed by atoms with Gasteiger partial charge in [-0.1, -0.05) is 0 Å². The highest BCUT2D eigenvalue weighted by molar-refractivity contribution is 9.10. The topological polar surface area (TPSA) is 38.5 Å². The van der Waals surface area contributed by atoms with Crippen LogP contribution < -0.4 is 10.6 Å². The Balaban J connectivity index is 2.75. The summed E-state index contributed by atoms with van der Waals surface area (Å²) in [4.78, 5) is 1.98. The van der Waals surface area contributed by atoms with Gasteiger partial charge in [0, 0.05) is 33.4 Å². The van der Waals surface area contributed by atoms with E-state index in [-0.39, 0.29) is 5.82 Å². The van der Waals surface area contributed by atoms with Crippen molar-refractivity contribution in [3.8, 4) is 0 Å². The third-order valence-corrected chi connectivity index (χ3v) is 2.93. The van der Waals surface area contributed by atoms with Gasteiger partial charge in [-0.2, -0.15) is 0 Å². The van der Waals surface area contributed by atoms with E-state index in [0.717, 1.165) is 18.7 Å². The van der Waals surface area contributed by atoms with Crippen LogP contribution in [0.15, 0.2) is 16.6 Å². The Hall–Kier alpha value is -0.810. The average molecular weight is 291 g/mol. The van der Waals surface area contributed by atoms with Crippen LogP contribution in [0.2, 0.25) is 0 Å². The van der Waals surface area contributed by atoms with E-state index in [1.807, 2.05) is 11.9 Å². The Kier molecular flexibility index (Phi) is 5.02. The van der Waals surface area contributed by atoms with Crippen LogP contribution >= 0.6 is 15.9 Å². The second kappa shape index (κ2) is 6.06. The molecule has 1 rings (SSSR count). The van der Waals surface area contributed by atoms with Gasteiger partial charge < -0.3 is 15.4 Å². The predicted molar refractivity (Wildman–Crippen MR) is 68.3 cm³/mol. The fourth-order valence-corrected chi connectivity index (χ4v) is 1.78. The summed E-state index contributed by atoms with van der Waals surface area (Å²) in [5, 5.41) is 0. The standard InChI is InChI=1S/C11H16BrFN2O/c1-15(4-3-5-16-2)11-6-8(12)9(13)7-10(11)14/h6-7H,3-5,14H2,1-2H3. The smallest absolute Gasteiger partial charge is 0.139 e. The zero-order chi connectivity index (χ0) is 12.1. The van der Waals surface area contributed by atoms with Crippen molar-refractivity contribution < 1.29 is 9.13 Å². The average Bonchev–Trinajstić information content (AvgIpc) is 2.23. The number of methoxy groups -OCH3 is 1. The van der Waals surface area contributed by atoms with E-state index in [1.165, 1.54) is 6.07 Å². The molecule has 0 heterocycles. The van der Waals surface area contributed by atoms with Crippen LogP contribution in [0.3, 0.4) is 0 Å². The SMILES string of the molecule is COCCCN(C)c1cc(Br)c(F)cc1N. The van der Waals surface area contributed by atoms with Gasteiger partial charge in [0.1, 0.15) is 5.82 Å². The summed E-state index contributed by atoms with van der Waals surface area (Å²) >= 11 is 3.15. The van der Waals surface area contributed by atoms with Crippen molar-refractivity contribution >= 4 is 27.3 Å². The van der Waals surface area contributed by atoms with Crippen molar-refractivity contribution in [1.82, 2.24) is 0 Å². The summed E-state index contributed by atoms with van der Waals surface area (Å²) in [7, 11) is 3.59. The number of halogens is 2. The van der Waals surface area contributed by atoms with E-state index in [1.54, 1.807) is 13.2 Å². The Morgan fingerprint density at radius 3 is 2.81 bits per heavy atom. The van der Waals surface area contributed by atoms with Gasteiger partial charge in [0.2, 0.25) is 0 Å². The second-order valence-corrected chi connectivity index (χ2v) is 4.45. The minimum Gasteiger partial charge on any atom is -0.397 e. The molecule has 0 bridgehead atoms. The zero-order valence-electron chi connectivity index (χ0n) is 9.46. The zero-order valence-corrected chi connectivity index (χ0v) is 11.1. The number of nitrogen functional groups attached to an aromatic ring is 1. The van der Waals surface area contributed by atoms with E-state index >= 15 is 0 Å². The lowest BCUT2D eigenvalue weighted by Crippen LogP contribution is -2.21. The lowest BCUT2D eigenvalue weighted by atomic mass is 10.2. The Labute approximate surface area is 104 Å². The summed E-state index contributed by atoms with van der Waals surface area (Å²) < 4.78 is 18.6. The molecule has 0 aromatic heterocycles. The summed E-state index contributed by atoms with van der Waals surface area (Å²) in [6, 6.07) is 3.02. The lowest BCUT2D eigenvalue weighted by Gasteiger charge is -2.21.